The van der Waals surface area contributed by atoms with Gasteiger partial charge in [-0.2, -0.15) is 5.10 Å². The lowest BCUT2D eigenvalue weighted by Gasteiger charge is -2.10. The number of nitrogen functional groups attached to an aromatic ring is 1. The molecule has 0 saturated carbocycles. The van der Waals surface area contributed by atoms with E-state index in [1.807, 2.05) is 13.2 Å². The smallest absolute Gasteiger partial charge is 0.143 e. The monoisotopic (exact) mass is 282 g/mol. The predicted octanol–water partition coefficient (Wildman–Crippen LogP) is 2.97. The molecule has 1 aromatic carbocycles. The van der Waals surface area contributed by atoms with Crippen LogP contribution < -0.4 is 11.1 Å². The summed E-state index contributed by atoms with van der Waals surface area (Å²) < 4.78 is 15.0. The molecule has 0 aliphatic rings. The summed E-state index contributed by atoms with van der Waals surface area (Å²) in [6.07, 6.45) is 2.81. The summed E-state index contributed by atoms with van der Waals surface area (Å²) in [5, 5.41) is 7.56. The van der Waals surface area contributed by atoms with Gasteiger partial charge >= 0.3 is 0 Å². The molecule has 0 unspecified atom stereocenters. The Morgan fingerprint density at radius 3 is 2.89 bits per heavy atom. The van der Waals surface area contributed by atoms with Crippen LogP contribution in [-0.2, 0) is 20.0 Å². The SMILES string of the molecule is CCc1nn(C)cc1CNc1cc(Cl)c(F)cc1N. The fourth-order valence-electron chi connectivity index (χ4n) is 1.93. The van der Waals surface area contributed by atoms with E-state index >= 15 is 0 Å². The maximum Gasteiger partial charge on any atom is 0.143 e. The third-order valence-corrected chi connectivity index (χ3v) is 3.18. The summed E-state index contributed by atoms with van der Waals surface area (Å²) in [4.78, 5) is 0. The molecule has 102 valence electrons. The molecule has 0 aliphatic carbocycles. The van der Waals surface area contributed by atoms with Gasteiger partial charge in [0.2, 0.25) is 0 Å². The first kappa shape index (κ1) is 13.7. The van der Waals surface area contributed by atoms with Crippen molar-refractivity contribution in [2.75, 3.05) is 11.1 Å². The van der Waals surface area contributed by atoms with Crippen LogP contribution in [0.1, 0.15) is 18.2 Å². The number of benzene rings is 1. The van der Waals surface area contributed by atoms with Crippen molar-refractivity contribution in [3.05, 3.63) is 40.4 Å². The third-order valence-electron chi connectivity index (χ3n) is 2.89. The van der Waals surface area contributed by atoms with Gasteiger partial charge in [-0.15, -0.1) is 0 Å². The van der Waals surface area contributed by atoms with Crippen molar-refractivity contribution in [2.45, 2.75) is 19.9 Å². The molecule has 1 aromatic heterocycles. The van der Waals surface area contributed by atoms with Crippen LogP contribution in [0.15, 0.2) is 18.3 Å². The summed E-state index contributed by atoms with van der Waals surface area (Å²) in [5.74, 6) is -0.514. The zero-order valence-corrected chi connectivity index (χ0v) is 11.6. The number of nitrogens with one attached hydrogen (secondary N) is 1. The highest BCUT2D eigenvalue weighted by atomic mass is 35.5. The second kappa shape index (κ2) is 5.48. The highest BCUT2D eigenvalue weighted by Crippen LogP contribution is 2.26. The molecule has 2 rings (SSSR count). The Bertz CT molecular complexity index is 595. The molecule has 2 aromatic rings. The van der Waals surface area contributed by atoms with E-state index in [-0.39, 0.29) is 5.02 Å². The minimum Gasteiger partial charge on any atom is -0.397 e. The maximum absolute atomic E-state index is 13.2. The Morgan fingerprint density at radius 2 is 2.21 bits per heavy atom. The van der Waals surface area contributed by atoms with Gasteiger partial charge in [-0.3, -0.25) is 4.68 Å². The summed E-state index contributed by atoms with van der Waals surface area (Å²) >= 11 is 5.74. The largest absolute Gasteiger partial charge is 0.397 e. The topological polar surface area (TPSA) is 55.9 Å². The maximum atomic E-state index is 13.2. The predicted molar refractivity (Wildman–Crippen MR) is 75.7 cm³/mol. The van der Waals surface area contributed by atoms with E-state index in [4.69, 9.17) is 17.3 Å². The molecule has 0 atom stereocenters. The molecule has 1 heterocycles. The van der Waals surface area contributed by atoms with Crippen molar-refractivity contribution in [3.63, 3.8) is 0 Å². The van der Waals surface area contributed by atoms with Gasteiger partial charge in [0, 0.05) is 31.4 Å². The molecule has 0 bridgehead atoms. The van der Waals surface area contributed by atoms with E-state index in [2.05, 4.69) is 17.3 Å². The molecule has 0 aliphatic heterocycles. The molecule has 0 saturated heterocycles. The number of hydrogen-bond donors (Lipinski definition) is 2. The van der Waals surface area contributed by atoms with E-state index in [1.54, 1.807) is 4.68 Å². The van der Waals surface area contributed by atoms with E-state index in [1.165, 1.54) is 12.1 Å². The first-order chi connectivity index (χ1) is 9.01. The first-order valence-electron chi connectivity index (χ1n) is 6.01. The quantitative estimate of drug-likeness (QED) is 0.848. The van der Waals surface area contributed by atoms with Crippen LogP contribution in [0.4, 0.5) is 15.8 Å². The first-order valence-corrected chi connectivity index (χ1v) is 6.38. The molecule has 0 spiro atoms. The number of hydrogen-bond acceptors (Lipinski definition) is 3. The van der Waals surface area contributed by atoms with Crippen molar-refractivity contribution < 1.29 is 4.39 Å². The molecule has 4 nitrogen and oxygen atoms in total. The van der Waals surface area contributed by atoms with Gasteiger partial charge < -0.3 is 11.1 Å². The summed E-state index contributed by atoms with van der Waals surface area (Å²) in [6.45, 7) is 2.62. The van der Waals surface area contributed by atoms with Gasteiger partial charge in [0.1, 0.15) is 5.82 Å². The van der Waals surface area contributed by atoms with E-state index in [0.29, 0.717) is 17.9 Å². The second-order valence-electron chi connectivity index (χ2n) is 4.34. The Hall–Kier alpha value is -1.75. The van der Waals surface area contributed by atoms with Gasteiger partial charge in [0.25, 0.3) is 0 Å². The standard InChI is InChI=1S/C13H16ClFN4/c1-3-12-8(7-19(2)18-12)6-17-13-4-9(14)10(15)5-11(13)16/h4-5,7,17H,3,6,16H2,1-2H3. The van der Waals surface area contributed by atoms with Crippen LogP contribution in [-0.4, -0.2) is 9.78 Å². The molecular weight excluding hydrogens is 267 g/mol. The lowest BCUT2D eigenvalue weighted by molar-refractivity contribution is 0.629. The normalized spacial score (nSPS) is 10.7. The molecule has 0 fully saturated rings. The lowest BCUT2D eigenvalue weighted by Crippen LogP contribution is -2.04. The van der Waals surface area contributed by atoms with Crippen LogP contribution >= 0.6 is 11.6 Å². The Labute approximate surface area is 116 Å². The Kier molecular flexibility index (Phi) is 3.95. The number of aryl methyl sites for hydroxylation is 2. The fourth-order valence-corrected chi connectivity index (χ4v) is 2.10. The molecule has 6 heteroatoms. The number of aromatic nitrogens is 2. The zero-order valence-electron chi connectivity index (χ0n) is 10.9. The van der Waals surface area contributed by atoms with Crippen LogP contribution in [0.3, 0.4) is 0 Å². The van der Waals surface area contributed by atoms with Crippen molar-refractivity contribution in [3.8, 4) is 0 Å². The van der Waals surface area contributed by atoms with E-state index in [9.17, 15) is 4.39 Å². The van der Waals surface area contributed by atoms with Crippen LogP contribution in [0.25, 0.3) is 0 Å². The van der Waals surface area contributed by atoms with Crippen LogP contribution in [0.5, 0.6) is 0 Å². The fraction of sp³-hybridized carbons (Fsp3) is 0.308. The molecule has 0 amide bonds. The third kappa shape index (κ3) is 2.98. The molecule has 0 radical (unpaired) electrons. The zero-order chi connectivity index (χ0) is 14.0. The van der Waals surface area contributed by atoms with Crippen molar-refractivity contribution in [2.24, 2.45) is 7.05 Å². The van der Waals surface area contributed by atoms with Crippen LogP contribution in [0.2, 0.25) is 5.02 Å². The van der Waals surface area contributed by atoms with E-state index in [0.717, 1.165) is 17.7 Å². The minimum absolute atomic E-state index is 0.0543. The molecule has 19 heavy (non-hydrogen) atoms. The number of nitrogens with two attached hydrogens (primary N) is 1. The van der Waals surface area contributed by atoms with Gasteiger partial charge in [-0.25, -0.2) is 4.39 Å². The van der Waals surface area contributed by atoms with Crippen molar-refractivity contribution in [1.29, 1.82) is 0 Å². The number of halogens is 2. The summed E-state index contributed by atoms with van der Waals surface area (Å²) in [5.41, 5.74) is 8.82. The second-order valence-corrected chi connectivity index (χ2v) is 4.74. The summed E-state index contributed by atoms with van der Waals surface area (Å²) in [6, 6.07) is 2.71. The Morgan fingerprint density at radius 1 is 1.47 bits per heavy atom. The van der Waals surface area contributed by atoms with E-state index < -0.39 is 5.82 Å². The number of rotatable bonds is 4. The van der Waals surface area contributed by atoms with Gasteiger partial charge in [0.05, 0.1) is 22.1 Å². The average molecular weight is 283 g/mol. The lowest BCUT2D eigenvalue weighted by atomic mass is 10.2. The van der Waals surface area contributed by atoms with Gasteiger partial charge in [0.15, 0.2) is 0 Å². The molecule has 3 N–H and O–H groups in total. The van der Waals surface area contributed by atoms with Crippen LogP contribution in [0, 0.1) is 5.82 Å². The average Bonchev–Trinajstić information content (AvgIpc) is 2.72. The minimum atomic E-state index is -0.514. The van der Waals surface area contributed by atoms with Gasteiger partial charge in [-0.05, 0) is 12.5 Å². The van der Waals surface area contributed by atoms with Crippen molar-refractivity contribution >= 4 is 23.0 Å². The highest BCUT2D eigenvalue weighted by Gasteiger charge is 2.09. The Balaban J connectivity index is 2.16. The summed E-state index contributed by atoms with van der Waals surface area (Å²) in [7, 11) is 1.88. The van der Waals surface area contributed by atoms with Gasteiger partial charge in [-0.1, -0.05) is 18.5 Å². The molecular formula is C13H16ClFN4. The highest BCUT2D eigenvalue weighted by molar-refractivity contribution is 6.31. The number of nitrogens with zero attached hydrogens (tertiary/aromatic N) is 2. The van der Waals surface area contributed by atoms with Crippen molar-refractivity contribution in [1.82, 2.24) is 9.78 Å². The number of anilines is 2.